The molecular weight excluding hydrogens is 757 g/mol. The molecule has 3 fully saturated rings. The molecule has 3 heterocycles. The van der Waals surface area contributed by atoms with Crippen molar-refractivity contribution in [3.8, 4) is 0 Å². The Kier molecular flexibility index (Phi) is 13.7. The third-order valence-corrected chi connectivity index (χ3v) is 19.9. The third-order valence-electron chi connectivity index (χ3n) is 13.3. The van der Waals surface area contributed by atoms with Crippen molar-refractivity contribution in [3.63, 3.8) is 0 Å². The van der Waals surface area contributed by atoms with Gasteiger partial charge in [-0.15, -0.1) is 0 Å². The molecule has 5 rings (SSSR count). The van der Waals surface area contributed by atoms with E-state index in [4.69, 9.17) is 32.8 Å². The first-order valence-corrected chi connectivity index (χ1v) is 25.2. The molecule has 0 aliphatic carbocycles. The van der Waals surface area contributed by atoms with Crippen LogP contribution in [-0.4, -0.2) is 88.4 Å². The molecule has 0 amide bonds. The van der Waals surface area contributed by atoms with Crippen molar-refractivity contribution in [2.75, 3.05) is 6.61 Å². The minimum absolute atomic E-state index is 0.0222. The third kappa shape index (κ3) is 9.38. The van der Waals surface area contributed by atoms with E-state index in [0.717, 1.165) is 5.56 Å². The van der Waals surface area contributed by atoms with Crippen LogP contribution in [0, 0.1) is 17.8 Å². The van der Waals surface area contributed by atoms with E-state index in [9.17, 15) is 5.11 Å². The summed E-state index contributed by atoms with van der Waals surface area (Å²) in [7, 11) is -3.97. The van der Waals surface area contributed by atoms with E-state index in [-0.39, 0.29) is 29.1 Å². The Labute approximate surface area is 347 Å². The van der Waals surface area contributed by atoms with Gasteiger partial charge in [-0.05, 0) is 90.7 Å². The quantitative estimate of drug-likeness (QED) is 0.176. The smallest absolute Gasteiger partial charge is 0.192 e. The van der Waals surface area contributed by atoms with E-state index in [2.05, 4.69) is 80.6 Å². The van der Waals surface area contributed by atoms with Gasteiger partial charge in [0.05, 0.1) is 53.7 Å². The highest BCUT2D eigenvalue weighted by molar-refractivity contribution is 7.85. The van der Waals surface area contributed by atoms with Gasteiger partial charge in [-0.1, -0.05) is 97.0 Å². The van der Waals surface area contributed by atoms with Crippen molar-refractivity contribution >= 4 is 19.1 Å². The second-order valence-electron chi connectivity index (χ2n) is 20.2. The van der Waals surface area contributed by atoms with Crippen LogP contribution in [0.15, 0.2) is 65.6 Å². The van der Waals surface area contributed by atoms with Crippen LogP contribution >= 0.6 is 0 Å². The minimum atomic E-state index is -2.26. The monoisotopic (exact) mass is 830 g/mol. The number of benzene rings is 2. The molecule has 11 heteroatoms. The molecule has 13 atom stereocenters. The first kappa shape index (κ1) is 46.6. The van der Waals surface area contributed by atoms with Crippen molar-refractivity contribution in [1.82, 2.24) is 0 Å². The number of ether oxygens (including phenoxy) is 6. The number of hydrogen-bond donors (Lipinski definition) is 1. The molecule has 2 aromatic carbocycles. The average molecular weight is 831 g/mol. The number of rotatable bonds is 15. The maximum absolute atomic E-state index is 15.3. The van der Waals surface area contributed by atoms with Gasteiger partial charge in [-0.3, -0.25) is 4.21 Å². The molecule has 0 aromatic heterocycles. The zero-order valence-corrected chi connectivity index (χ0v) is 39.5. The van der Waals surface area contributed by atoms with E-state index in [1.165, 1.54) is 0 Å². The predicted molar refractivity (Wildman–Crippen MR) is 229 cm³/mol. The Morgan fingerprint density at radius 3 is 2.00 bits per heavy atom. The topological polar surface area (TPSA) is 102 Å². The second-order valence-corrected chi connectivity index (χ2v) is 26.5. The first-order valence-electron chi connectivity index (χ1n) is 21.1. The van der Waals surface area contributed by atoms with Crippen molar-refractivity contribution in [2.24, 2.45) is 17.8 Å². The fourth-order valence-electron chi connectivity index (χ4n) is 9.70. The molecule has 0 radical (unpaired) electrons. The van der Waals surface area contributed by atoms with Gasteiger partial charge >= 0.3 is 0 Å². The van der Waals surface area contributed by atoms with Gasteiger partial charge in [0.25, 0.3) is 0 Å². The predicted octanol–water partition coefficient (Wildman–Crippen LogP) is 9.43. The number of aliphatic hydroxyl groups is 1. The van der Waals surface area contributed by atoms with Crippen molar-refractivity contribution in [1.29, 1.82) is 0 Å². The lowest BCUT2D eigenvalue weighted by Crippen LogP contribution is -2.66. The van der Waals surface area contributed by atoms with Crippen LogP contribution in [0.4, 0.5) is 0 Å². The molecule has 3 saturated heterocycles. The Morgan fingerprint density at radius 2 is 1.44 bits per heavy atom. The lowest BCUT2D eigenvalue weighted by atomic mass is 9.73. The highest BCUT2D eigenvalue weighted by Gasteiger charge is 2.72. The van der Waals surface area contributed by atoms with E-state index in [1.807, 2.05) is 83.1 Å². The molecule has 9 nitrogen and oxygen atoms in total. The van der Waals surface area contributed by atoms with Crippen LogP contribution in [0.1, 0.15) is 109 Å². The fraction of sp³-hybridized carbons (Fsp3) is 0.739. The Morgan fingerprint density at radius 1 is 0.860 bits per heavy atom. The summed E-state index contributed by atoms with van der Waals surface area (Å²) < 4.78 is 63.1. The zero-order chi connectivity index (χ0) is 42.6. The van der Waals surface area contributed by atoms with Crippen LogP contribution in [-0.2, 0) is 50.3 Å². The van der Waals surface area contributed by atoms with Gasteiger partial charge in [0.15, 0.2) is 19.9 Å². The van der Waals surface area contributed by atoms with Crippen LogP contribution in [0.3, 0.4) is 0 Å². The minimum Gasteiger partial charge on any atom is -0.411 e. The maximum atomic E-state index is 15.3. The lowest BCUT2D eigenvalue weighted by molar-refractivity contribution is -0.353. The molecule has 3 aliphatic rings. The summed E-state index contributed by atoms with van der Waals surface area (Å²) in [5, 5.41) is 12.4. The molecule has 322 valence electrons. The Hall–Kier alpha value is -1.51. The van der Waals surface area contributed by atoms with Crippen LogP contribution in [0.25, 0.3) is 0 Å². The second kappa shape index (κ2) is 16.7. The van der Waals surface area contributed by atoms with Crippen molar-refractivity contribution < 1.29 is 42.2 Å². The molecule has 57 heavy (non-hydrogen) atoms. The molecule has 0 spiro atoms. The molecule has 3 aliphatic heterocycles. The van der Waals surface area contributed by atoms with Gasteiger partial charge in [0.1, 0.15) is 22.9 Å². The largest absolute Gasteiger partial charge is 0.411 e. The fourth-order valence-corrected chi connectivity index (χ4v) is 13.0. The van der Waals surface area contributed by atoms with Gasteiger partial charge in [0.2, 0.25) is 0 Å². The van der Waals surface area contributed by atoms with E-state index in [1.54, 1.807) is 6.92 Å². The Balaban J connectivity index is 1.54. The summed E-state index contributed by atoms with van der Waals surface area (Å²) in [6.45, 7) is 34.1. The SMILES string of the molecule is CC[C@@H](O[Si](C)(C)C(C)(C)C)[C@]1(C)O[C@H]([C@H](C)C(S(=O)c2ccccc2)C(C)(O)[C@@H]2OC(C)(C)O[C@H]([C@@H](C)COCc3ccccc3)[C@@H]2C)[C@]2(C)OC(C)(C)O[C@@H]21. The standard InChI is InChI=1S/C46H74O9SSi/c1-17-35(54-57(15,16)41(5,6)7)45(13)40-46(14,55-43(10,11)53-40)38(52-45)32(4)39(56(48)34-26-22-19-23-27-34)44(12,47)37-31(3)36(50-42(8,9)51-37)30(2)28-49-29-33-24-20-18-21-25-33/h18-27,30-32,35-40,47H,17,28-29H2,1-16H3/t30-,31-,32-,35+,36+,37+,38+,39?,40+,44?,45-,46-,56?/m0/s1. The Bertz CT molecular complexity index is 1660. The van der Waals surface area contributed by atoms with Crippen LogP contribution in [0.2, 0.25) is 18.1 Å². The highest BCUT2D eigenvalue weighted by atomic mass is 32.2. The van der Waals surface area contributed by atoms with Crippen LogP contribution in [0.5, 0.6) is 0 Å². The number of hydrogen-bond acceptors (Lipinski definition) is 9. The van der Waals surface area contributed by atoms with Gasteiger partial charge < -0.3 is 38.0 Å². The van der Waals surface area contributed by atoms with Gasteiger partial charge in [-0.2, -0.15) is 0 Å². The summed E-state index contributed by atoms with van der Waals surface area (Å²) in [4.78, 5) is 0.618. The molecule has 0 bridgehead atoms. The lowest BCUT2D eigenvalue weighted by Gasteiger charge is -2.53. The number of fused-ring (bicyclic) bond motifs is 1. The molecular formula is C46H74O9SSi. The molecule has 2 aromatic rings. The van der Waals surface area contributed by atoms with E-state index in [0.29, 0.717) is 24.5 Å². The zero-order valence-electron chi connectivity index (χ0n) is 37.7. The van der Waals surface area contributed by atoms with E-state index < -0.39 is 77.0 Å². The summed E-state index contributed by atoms with van der Waals surface area (Å²) >= 11 is 0. The maximum Gasteiger partial charge on any atom is 0.192 e. The molecule has 1 N–H and O–H groups in total. The van der Waals surface area contributed by atoms with Crippen molar-refractivity contribution in [3.05, 3.63) is 66.2 Å². The summed E-state index contributed by atoms with van der Waals surface area (Å²) in [5.41, 5.74) is -2.42. The van der Waals surface area contributed by atoms with Gasteiger partial charge in [0, 0.05) is 22.6 Å². The highest BCUT2D eigenvalue weighted by Crippen LogP contribution is 2.57. The summed E-state index contributed by atoms with van der Waals surface area (Å²) in [6, 6.07) is 19.5. The summed E-state index contributed by atoms with van der Waals surface area (Å²) in [6.07, 6.45) is -1.82. The van der Waals surface area contributed by atoms with Crippen molar-refractivity contribution in [2.45, 2.75) is 197 Å². The van der Waals surface area contributed by atoms with E-state index >= 15 is 4.21 Å². The first-order chi connectivity index (χ1) is 26.2. The normalized spacial score (nSPS) is 33.8. The molecule has 3 unspecified atom stereocenters. The molecule has 0 saturated carbocycles. The average Bonchev–Trinajstić information content (AvgIpc) is 3.50. The van der Waals surface area contributed by atoms with Crippen LogP contribution < -0.4 is 0 Å². The van der Waals surface area contributed by atoms with Gasteiger partial charge in [-0.25, -0.2) is 0 Å². The summed E-state index contributed by atoms with van der Waals surface area (Å²) in [5.74, 6) is -2.80.